The minimum atomic E-state index is 0.986. The van der Waals surface area contributed by atoms with Crippen LogP contribution in [0, 0.1) is 27.7 Å². The van der Waals surface area contributed by atoms with E-state index in [-0.39, 0.29) is 0 Å². The second-order valence-electron chi connectivity index (χ2n) is 5.78. The van der Waals surface area contributed by atoms with E-state index in [0.717, 1.165) is 5.82 Å². The van der Waals surface area contributed by atoms with Crippen LogP contribution in [-0.4, -0.2) is 9.67 Å². The van der Waals surface area contributed by atoms with Crippen LogP contribution in [0.15, 0.2) is 43.0 Å². The van der Waals surface area contributed by atoms with Gasteiger partial charge in [0, 0.05) is 24.6 Å². The van der Waals surface area contributed by atoms with Crippen molar-refractivity contribution in [3.05, 3.63) is 65.5 Å². The van der Waals surface area contributed by atoms with Gasteiger partial charge in [0.2, 0.25) is 0 Å². The third-order valence-corrected chi connectivity index (χ3v) is 4.16. The third kappa shape index (κ3) is 2.21. The molecule has 0 aliphatic heterocycles. The van der Waals surface area contributed by atoms with Gasteiger partial charge in [-0.25, -0.2) is 0 Å². The first-order valence-corrected chi connectivity index (χ1v) is 7.49. The Kier molecular flexibility index (Phi) is 3.53. The van der Waals surface area contributed by atoms with Crippen LogP contribution in [0.25, 0.3) is 11.4 Å². The minimum Gasteiger partial charge on any atom is -0.200 e. The molecule has 0 spiro atoms. The Labute approximate surface area is 131 Å². The first-order chi connectivity index (χ1) is 10.5. The number of aryl methyl sites for hydroxylation is 4. The zero-order valence-electron chi connectivity index (χ0n) is 13.8. The summed E-state index contributed by atoms with van der Waals surface area (Å²) in [4.78, 5) is 4.42. The molecular weight excluding hydrogens is 272 g/mol. The average molecular weight is 294 g/mol. The normalized spacial score (nSPS) is 11.0. The number of rotatable bonds is 2. The highest BCUT2D eigenvalue weighted by Gasteiger charge is 2.21. The first-order valence-electron chi connectivity index (χ1n) is 7.49. The predicted octanol–water partition coefficient (Wildman–Crippen LogP) is 2.21. The summed E-state index contributed by atoms with van der Waals surface area (Å²) in [6, 6.07) is 6.28. The van der Waals surface area contributed by atoms with E-state index in [9.17, 15) is 0 Å². The summed E-state index contributed by atoms with van der Waals surface area (Å²) in [5.74, 6) is 0.986. The van der Waals surface area contributed by atoms with Crippen LogP contribution in [0.4, 0.5) is 0 Å². The molecule has 0 fully saturated rings. The van der Waals surface area contributed by atoms with E-state index in [0.29, 0.717) is 0 Å². The van der Waals surface area contributed by atoms with Crippen LogP contribution in [0.3, 0.4) is 0 Å². The van der Waals surface area contributed by atoms with Crippen LogP contribution in [0.1, 0.15) is 22.5 Å². The molecule has 0 bridgehead atoms. The predicted molar refractivity (Wildman–Crippen MR) is 85.2 cm³/mol. The molecule has 0 unspecified atom stereocenters. The molecule has 4 heteroatoms. The summed E-state index contributed by atoms with van der Waals surface area (Å²) in [5, 5.41) is 0. The Morgan fingerprint density at radius 1 is 1.00 bits per heavy atom. The van der Waals surface area contributed by atoms with Crippen LogP contribution in [0.5, 0.6) is 0 Å². The molecule has 0 atom stereocenters. The Morgan fingerprint density at radius 2 is 1.77 bits per heavy atom. The summed E-state index contributed by atoms with van der Waals surface area (Å²) in [6.45, 7) is 8.55. The smallest absolute Gasteiger partial charge is 0.200 e. The fraction of sp³-hybridized carbons (Fsp3) is 0.278. The van der Waals surface area contributed by atoms with Crippen molar-refractivity contribution in [2.75, 3.05) is 0 Å². The molecule has 3 rings (SSSR count). The first kappa shape index (κ1) is 14.4. The van der Waals surface area contributed by atoms with E-state index in [1.807, 2.05) is 19.2 Å². The SMILES string of the molecule is Cc1cc(C)c(-[n+]2cccnc2C)c(C)c1-n1ccc[n+]1C. The standard InChI is InChI=1S/C18H22N4/c1-13-12-14(2)18(22-11-7-9-20(22)5)15(3)17(13)21-10-6-8-19-16(21)4/h6-12H,1-5H3/q+2. The van der Waals surface area contributed by atoms with Gasteiger partial charge in [0.15, 0.2) is 13.2 Å². The Morgan fingerprint density at radius 3 is 2.41 bits per heavy atom. The Balaban J connectivity index is 2.34. The van der Waals surface area contributed by atoms with Gasteiger partial charge in [0.1, 0.15) is 23.8 Å². The zero-order chi connectivity index (χ0) is 15.9. The molecule has 2 heterocycles. The van der Waals surface area contributed by atoms with Gasteiger partial charge >= 0.3 is 0 Å². The van der Waals surface area contributed by atoms with E-state index in [2.05, 4.69) is 77.5 Å². The van der Waals surface area contributed by atoms with Crippen molar-refractivity contribution in [3.63, 3.8) is 0 Å². The van der Waals surface area contributed by atoms with Crippen molar-refractivity contribution >= 4 is 0 Å². The highest BCUT2D eigenvalue weighted by Crippen LogP contribution is 2.25. The fourth-order valence-corrected chi connectivity index (χ4v) is 3.22. The van der Waals surface area contributed by atoms with Gasteiger partial charge < -0.3 is 0 Å². The molecule has 0 N–H and O–H groups in total. The molecular formula is C18H22N4+2. The van der Waals surface area contributed by atoms with E-state index in [1.165, 1.54) is 28.1 Å². The van der Waals surface area contributed by atoms with Gasteiger partial charge in [-0.3, -0.25) is 0 Å². The quantitative estimate of drug-likeness (QED) is 0.665. The highest BCUT2D eigenvalue weighted by molar-refractivity contribution is 5.56. The largest absolute Gasteiger partial charge is 0.300 e. The van der Waals surface area contributed by atoms with Gasteiger partial charge in [-0.2, -0.15) is 4.57 Å². The third-order valence-electron chi connectivity index (χ3n) is 4.16. The zero-order valence-corrected chi connectivity index (χ0v) is 13.8. The second kappa shape index (κ2) is 5.37. The summed E-state index contributed by atoms with van der Waals surface area (Å²) in [5.41, 5.74) is 6.22. The number of aromatic nitrogens is 4. The van der Waals surface area contributed by atoms with E-state index < -0.39 is 0 Å². The summed E-state index contributed by atoms with van der Waals surface area (Å²) < 4.78 is 6.44. The molecule has 3 aromatic rings. The fourth-order valence-electron chi connectivity index (χ4n) is 3.22. The minimum absolute atomic E-state index is 0.986. The molecule has 4 nitrogen and oxygen atoms in total. The van der Waals surface area contributed by atoms with Crippen molar-refractivity contribution in [2.24, 2.45) is 7.05 Å². The highest BCUT2D eigenvalue weighted by atomic mass is 15.4. The monoisotopic (exact) mass is 294 g/mol. The molecule has 0 amide bonds. The Bertz CT molecular complexity index is 846. The lowest BCUT2D eigenvalue weighted by Crippen LogP contribution is -2.40. The number of benzene rings is 1. The van der Waals surface area contributed by atoms with Crippen molar-refractivity contribution in [3.8, 4) is 11.4 Å². The molecule has 2 aromatic heterocycles. The lowest BCUT2D eigenvalue weighted by Gasteiger charge is -2.15. The number of hydrogen-bond donors (Lipinski definition) is 0. The van der Waals surface area contributed by atoms with Crippen molar-refractivity contribution in [1.82, 2.24) is 9.67 Å². The van der Waals surface area contributed by atoms with Gasteiger partial charge in [-0.1, -0.05) is 4.98 Å². The topological polar surface area (TPSA) is 25.6 Å². The van der Waals surface area contributed by atoms with Gasteiger partial charge in [0.05, 0.1) is 6.20 Å². The van der Waals surface area contributed by atoms with E-state index in [4.69, 9.17) is 0 Å². The van der Waals surface area contributed by atoms with Crippen molar-refractivity contribution in [2.45, 2.75) is 27.7 Å². The number of hydrogen-bond acceptors (Lipinski definition) is 1. The van der Waals surface area contributed by atoms with Crippen LogP contribution < -0.4 is 9.25 Å². The molecule has 1 aromatic carbocycles. The maximum atomic E-state index is 4.42. The lowest BCUT2D eigenvalue weighted by atomic mass is 10.0. The molecule has 0 radical (unpaired) electrons. The van der Waals surface area contributed by atoms with E-state index in [1.54, 1.807) is 0 Å². The Hall–Kier alpha value is -2.49. The second-order valence-corrected chi connectivity index (χ2v) is 5.78. The molecule has 0 saturated heterocycles. The van der Waals surface area contributed by atoms with E-state index >= 15 is 0 Å². The molecule has 0 saturated carbocycles. The number of nitrogens with zero attached hydrogens (tertiary/aromatic N) is 4. The summed E-state index contributed by atoms with van der Waals surface area (Å²) in [7, 11) is 2.06. The van der Waals surface area contributed by atoms with Gasteiger partial charge in [-0.15, -0.1) is 9.36 Å². The molecule has 22 heavy (non-hydrogen) atoms. The summed E-state index contributed by atoms with van der Waals surface area (Å²) in [6.07, 6.45) is 8.06. The summed E-state index contributed by atoms with van der Waals surface area (Å²) >= 11 is 0. The maximum absolute atomic E-state index is 4.42. The van der Waals surface area contributed by atoms with Crippen LogP contribution >= 0.6 is 0 Å². The maximum Gasteiger partial charge on any atom is 0.300 e. The average Bonchev–Trinajstić information content (AvgIpc) is 2.87. The van der Waals surface area contributed by atoms with Crippen molar-refractivity contribution < 1.29 is 9.25 Å². The van der Waals surface area contributed by atoms with Crippen LogP contribution in [0.2, 0.25) is 0 Å². The van der Waals surface area contributed by atoms with Crippen LogP contribution in [-0.2, 0) is 7.05 Å². The molecule has 112 valence electrons. The molecule has 0 aliphatic rings. The molecule has 0 aliphatic carbocycles. The lowest BCUT2D eigenvalue weighted by molar-refractivity contribution is -0.744. The van der Waals surface area contributed by atoms with Crippen molar-refractivity contribution in [1.29, 1.82) is 0 Å². The van der Waals surface area contributed by atoms with Gasteiger partial charge in [-0.05, 0) is 38.0 Å². The van der Waals surface area contributed by atoms with Gasteiger partial charge in [0.25, 0.3) is 5.82 Å².